The van der Waals surface area contributed by atoms with Gasteiger partial charge in [0.2, 0.25) is 15.9 Å². The summed E-state index contributed by atoms with van der Waals surface area (Å²) in [4.78, 5) is 16.3. The van der Waals surface area contributed by atoms with Crippen LogP contribution in [0.25, 0.3) is 0 Å². The summed E-state index contributed by atoms with van der Waals surface area (Å²) >= 11 is 0. The summed E-state index contributed by atoms with van der Waals surface area (Å²) in [5.41, 5.74) is 0.738. The lowest BCUT2D eigenvalue weighted by molar-refractivity contribution is -0.135. The molecule has 1 aliphatic rings. The Balaban J connectivity index is 1.96. The summed E-state index contributed by atoms with van der Waals surface area (Å²) in [6.07, 6.45) is 1.91. The number of rotatable bonds is 5. The maximum absolute atomic E-state index is 13.3. The Morgan fingerprint density at radius 3 is 2.64 bits per heavy atom. The topological polar surface area (TPSA) is 60.9 Å². The molecule has 0 spiro atoms. The highest BCUT2D eigenvalue weighted by Gasteiger charge is 2.28. The van der Waals surface area contributed by atoms with Crippen molar-refractivity contribution in [3.05, 3.63) is 35.6 Å². The van der Waals surface area contributed by atoms with Crippen molar-refractivity contribution >= 4 is 15.9 Å². The molecule has 0 saturated carbocycles. The van der Waals surface area contributed by atoms with Gasteiger partial charge in [-0.1, -0.05) is 12.1 Å². The van der Waals surface area contributed by atoms with Crippen molar-refractivity contribution in [2.24, 2.45) is 0 Å². The van der Waals surface area contributed by atoms with E-state index >= 15 is 0 Å². The van der Waals surface area contributed by atoms with Gasteiger partial charge >= 0.3 is 0 Å². The van der Waals surface area contributed by atoms with Crippen molar-refractivity contribution in [3.63, 3.8) is 0 Å². The van der Waals surface area contributed by atoms with Crippen LogP contribution in [0.4, 0.5) is 4.39 Å². The fourth-order valence-corrected chi connectivity index (χ4v) is 3.97. The van der Waals surface area contributed by atoms with E-state index < -0.39 is 10.0 Å². The quantitative estimate of drug-likeness (QED) is 0.779. The first kappa shape index (κ1) is 19.8. The number of halogens is 1. The zero-order valence-corrected chi connectivity index (χ0v) is 15.8. The van der Waals surface area contributed by atoms with Crippen LogP contribution in [-0.2, 0) is 21.4 Å². The minimum absolute atomic E-state index is 0.0583. The summed E-state index contributed by atoms with van der Waals surface area (Å²) in [7, 11) is -1.51. The number of benzene rings is 1. The van der Waals surface area contributed by atoms with Gasteiger partial charge in [0.05, 0.1) is 12.3 Å². The molecule has 1 aliphatic heterocycles. The number of amides is 1. The van der Waals surface area contributed by atoms with Crippen molar-refractivity contribution in [1.82, 2.24) is 14.1 Å². The minimum Gasteiger partial charge on any atom is -0.340 e. The van der Waals surface area contributed by atoms with Gasteiger partial charge in [-0.2, -0.15) is 0 Å². The number of nitrogens with zero attached hydrogens (tertiary/aromatic N) is 3. The van der Waals surface area contributed by atoms with Crippen molar-refractivity contribution in [3.8, 4) is 0 Å². The third kappa shape index (κ3) is 5.49. The number of hydrogen-bond donors (Lipinski definition) is 0. The van der Waals surface area contributed by atoms with Gasteiger partial charge in [-0.15, -0.1) is 0 Å². The molecular weight excluding hydrogens is 345 g/mol. The molecule has 1 amide bonds. The molecule has 1 aromatic carbocycles. The van der Waals surface area contributed by atoms with Crippen molar-refractivity contribution in [1.29, 1.82) is 0 Å². The van der Waals surface area contributed by atoms with Gasteiger partial charge < -0.3 is 4.90 Å². The van der Waals surface area contributed by atoms with E-state index in [1.807, 2.05) is 11.8 Å². The number of carbonyl (C=O) groups excluding carboxylic acids is 1. The van der Waals surface area contributed by atoms with E-state index in [0.29, 0.717) is 39.1 Å². The van der Waals surface area contributed by atoms with Crippen LogP contribution in [0.15, 0.2) is 24.3 Å². The summed E-state index contributed by atoms with van der Waals surface area (Å²) in [5, 5.41) is 0. The van der Waals surface area contributed by atoms with Crippen LogP contribution in [0.2, 0.25) is 0 Å². The molecule has 1 heterocycles. The van der Waals surface area contributed by atoms with Crippen LogP contribution in [0, 0.1) is 5.82 Å². The SMILES string of the molecule is CC(C(=O)N(C)Cc1cccc(F)c1)N1CCCN(S(C)(=O)=O)CC1. The van der Waals surface area contributed by atoms with Crippen LogP contribution in [0.5, 0.6) is 0 Å². The molecule has 1 atom stereocenters. The van der Waals surface area contributed by atoms with Crippen LogP contribution >= 0.6 is 0 Å². The summed E-state index contributed by atoms with van der Waals surface area (Å²) < 4.78 is 38.1. The van der Waals surface area contributed by atoms with Crippen LogP contribution in [-0.4, -0.2) is 74.0 Å². The van der Waals surface area contributed by atoms with Crippen molar-refractivity contribution in [2.75, 3.05) is 39.5 Å². The summed E-state index contributed by atoms with van der Waals surface area (Å²) in [6, 6.07) is 5.86. The smallest absolute Gasteiger partial charge is 0.239 e. The molecule has 0 bridgehead atoms. The fourth-order valence-electron chi connectivity index (χ4n) is 3.09. The summed E-state index contributed by atoms with van der Waals surface area (Å²) in [6.45, 7) is 4.24. The second-order valence-electron chi connectivity index (χ2n) is 6.55. The van der Waals surface area contributed by atoms with Gasteiger partial charge in [0, 0.05) is 39.8 Å². The van der Waals surface area contributed by atoms with Gasteiger partial charge in [0.15, 0.2) is 0 Å². The highest BCUT2D eigenvalue weighted by Crippen LogP contribution is 2.13. The third-order valence-corrected chi connectivity index (χ3v) is 5.85. The molecule has 1 fully saturated rings. The normalized spacial score (nSPS) is 18.6. The van der Waals surface area contributed by atoms with E-state index in [2.05, 4.69) is 0 Å². The predicted octanol–water partition coefficient (Wildman–Crippen LogP) is 1.14. The Labute approximate surface area is 149 Å². The molecule has 1 aromatic rings. The molecule has 1 saturated heterocycles. The van der Waals surface area contributed by atoms with Crippen LogP contribution in [0.3, 0.4) is 0 Å². The van der Waals surface area contributed by atoms with E-state index in [0.717, 1.165) is 5.56 Å². The minimum atomic E-state index is -3.20. The lowest BCUT2D eigenvalue weighted by Crippen LogP contribution is -2.47. The van der Waals surface area contributed by atoms with Gasteiger partial charge in [0.25, 0.3) is 0 Å². The van der Waals surface area contributed by atoms with E-state index in [9.17, 15) is 17.6 Å². The Hall–Kier alpha value is -1.51. The van der Waals surface area contributed by atoms with Gasteiger partial charge in [-0.3, -0.25) is 9.69 Å². The number of likely N-dealkylation sites (N-methyl/N-ethyl adjacent to an activating group) is 1. The Morgan fingerprint density at radius 1 is 1.28 bits per heavy atom. The lowest BCUT2D eigenvalue weighted by Gasteiger charge is -2.30. The first-order chi connectivity index (χ1) is 11.7. The molecule has 0 N–H and O–H groups in total. The molecule has 0 aromatic heterocycles. The zero-order chi connectivity index (χ0) is 18.6. The van der Waals surface area contributed by atoms with Crippen LogP contribution in [0.1, 0.15) is 18.9 Å². The molecule has 25 heavy (non-hydrogen) atoms. The summed E-state index contributed by atoms with van der Waals surface area (Å²) in [5.74, 6) is -0.378. The standard InChI is InChI=1S/C17H26FN3O3S/c1-14(20-8-5-9-21(11-10-20)25(3,23)24)17(22)19(2)13-15-6-4-7-16(18)12-15/h4,6-7,12,14H,5,8-11,13H2,1-3H3. The van der Waals surface area contributed by atoms with Crippen LogP contribution < -0.4 is 0 Å². The molecule has 2 rings (SSSR count). The molecule has 140 valence electrons. The maximum Gasteiger partial charge on any atom is 0.239 e. The van der Waals surface area contributed by atoms with Gasteiger partial charge in [-0.05, 0) is 31.0 Å². The zero-order valence-electron chi connectivity index (χ0n) is 15.0. The first-order valence-electron chi connectivity index (χ1n) is 8.37. The molecule has 0 aliphatic carbocycles. The second kappa shape index (κ2) is 8.25. The maximum atomic E-state index is 13.3. The van der Waals surface area contributed by atoms with Gasteiger partial charge in [0.1, 0.15) is 5.82 Å². The van der Waals surface area contributed by atoms with E-state index in [-0.39, 0.29) is 17.8 Å². The highest BCUT2D eigenvalue weighted by atomic mass is 32.2. The van der Waals surface area contributed by atoms with Crippen molar-refractivity contribution in [2.45, 2.75) is 25.9 Å². The van der Waals surface area contributed by atoms with E-state index in [4.69, 9.17) is 0 Å². The number of hydrogen-bond acceptors (Lipinski definition) is 4. The molecule has 6 nitrogen and oxygen atoms in total. The number of carbonyl (C=O) groups is 1. The Kier molecular flexibility index (Phi) is 6.53. The lowest BCUT2D eigenvalue weighted by atomic mass is 10.2. The first-order valence-corrected chi connectivity index (χ1v) is 10.2. The average molecular weight is 371 g/mol. The molecule has 1 unspecified atom stereocenters. The Morgan fingerprint density at radius 2 is 2.00 bits per heavy atom. The van der Waals surface area contributed by atoms with Crippen molar-refractivity contribution < 1.29 is 17.6 Å². The van der Waals surface area contributed by atoms with E-state index in [1.54, 1.807) is 24.1 Å². The molecule has 8 heteroatoms. The predicted molar refractivity (Wildman–Crippen MR) is 94.9 cm³/mol. The second-order valence-corrected chi connectivity index (χ2v) is 8.53. The Bertz CT molecular complexity index is 711. The fraction of sp³-hybridized carbons (Fsp3) is 0.588. The largest absolute Gasteiger partial charge is 0.340 e. The van der Waals surface area contributed by atoms with Gasteiger partial charge in [-0.25, -0.2) is 17.1 Å². The average Bonchev–Trinajstić information content (AvgIpc) is 2.79. The van der Waals surface area contributed by atoms with E-state index in [1.165, 1.54) is 22.7 Å². The number of sulfonamides is 1. The molecule has 0 radical (unpaired) electrons. The third-order valence-electron chi connectivity index (χ3n) is 4.55. The molecular formula is C17H26FN3O3S. The monoisotopic (exact) mass is 371 g/mol. The highest BCUT2D eigenvalue weighted by molar-refractivity contribution is 7.88.